The average molecular weight is 286 g/mol. The molecule has 2 aromatic carbocycles. The van der Waals surface area contributed by atoms with E-state index in [2.05, 4.69) is 5.32 Å². The Bertz CT molecular complexity index is 601. The molecule has 21 heavy (non-hydrogen) atoms. The van der Waals surface area contributed by atoms with Gasteiger partial charge in [0, 0.05) is 12.2 Å². The van der Waals surface area contributed by atoms with Gasteiger partial charge in [0.2, 0.25) is 5.91 Å². The van der Waals surface area contributed by atoms with Gasteiger partial charge in [-0.1, -0.05) is 36.4 Å². The zero-order valence-electron chi connectivity index (χ0n) is 12.2. The maximum absolute atomic E-state index is 13.1. The Hall–Kier alpha value is -2.20. The van der Waals surface area contributed by atoms with Crippen LogP contribution in [0.3, 0.4) is 0 Å². The first kappa shape index (κ1) is 15.2. The lowest BCUT2D eigenvalue weighted by molar-refractivity contribution is -0.120. The first-order valence-corrected chi connectivity index (χ1v) is 6.87. The maximum atomic E-state index is 13.1. The van der Waals surface area contributed by atoms with E-state index in [1.165, 1.54) is 12.1 Å². The highest BCUT2D eigenvalue weighted by Gasteiger charge is 2.18. The number of halogens is 1. The minimum absolute atomic E-state index is 0.154. The molecule has 2 rings (SSSR count). The van der Waals surface area contributed by atoms with E-state index in [1.54, 1.807) is 12.1 Å². The molecule has 110 valence electrons. The van der Waals surface area contributed by atoms with Gasteiger partial charge in [0.1, 0.15) is 5.82 Å². The summed E-state index contributed by atoms with van der Waals surface area (Å²) in [5.41, 5.74) is 1.62. The second-order valence-electron chi connectivity index (χ2n) is 5.08. The van der Waals surface area contributed by atoms with Crippen LogP contribution in [-0.2, 0) is 11.3 Å². The molecule has 0 radical (unpaired) electrons. The smallest absolute Gasteiger partial charge is 0.241 e. The summed E-state index contributed by atoms with van der Waals surface area (Å²) in [6.45, 7) is 2.51. The standard InChI is InChI=1S/C17H19FN2O/c1-13(20(2)12-14-7-4-3-5-8-14)17(21)19-16-10-6-9-15(18)11-16/h3-11,13H,12H2,1-2H3,(H,19,21)/t13-/m1/s1. The molecule has 0 fully saturated rings. The molecule has 0 saturated heterocycles. The summed E-state index contributed by atoms with van der Waals surface area (Å²) in [6, 6.07) is 15.5. The predicted octanol–water partition coefficient (Wildman–Crippen LogP) is 3.28. The Morgan fingerprint density at radius 1 is 1.19 bits per heavy atom. The minimum atomic E-state index is -0.363. The van der Waals surface area contributed by atoms with Crippen LogP contribution in [-0.4, -0.2) is 23.9 Å². The lowest BCUT2D eigenvalue weighted by Crippen LogP contribution is -2.39. The van der Waals surface area contributed by atoms with Crippen LogP contribution in [0.4, 0.5) is 10.1 Å². The number of nitrogens with one attached hydrogen (secondary N) is 1. The van der Waals surface area contributed by atoms with E-state index in [1.807, 2.05) is 49.2 Å². The van der Waals surface area contributed by atoms with Gasteiger partial charge in [-0.25, -0.2) is 4.39 Å². The van der Waals surface area contributed by atoms with Gasteiger partial charge in [-0.2, -0.15) is 0 Å². The van der Waals surface area contributed by atoms with E-state index in [0.29, 0.717) is 12.2 Å². The zero-order valence-corrected chi connectivity index (χ0v) is 12.2. The number of nitrogens with zero attached hydrogens (tertiary/aromatic N) is 1. The van der Waals surface area contributed by atoms with Crippen LogP contribution in [0.5, 0.6) is 0 Å². The van der Waals surface area contributed by atoms with Crippen molar-refractivity contribution in [2.75, 3.05) is 12.4 Å². The number of benzene rings is 2. The van der Waals surface area contributed by atoms with E-state index in [0.717, 1.165) is 5.56 Å². The summed E-state index contributed by atoms with van der Waals surface area (Å²) in [5, 5.41) is 2.73. The molecule has 4 heteroatoms. The van der Waals surface area contributed by atoms with Crippen LogP contribution < -0.4 is 5.32 Å². The van der Waals surface area contributed by atoms with Crippen molar-refractivity contribution in [3.63, 3.8) is 0 Å². The number of likely N-dealkylation sites (N-methyl/N-ethyl adjacent to an activating group) is 1. The van der Waals surface area contributed by atoms with Crippen LogP contribution in [0.2, 0.25) is 0 Å². The Kier molecular flexibility index (Phi) is 5.06. The zero-order chi connectivity index (χ0) is 15.2. The van der Waals surface area contributed by atoms with Crippen molar-refractivity contribution in [2.45, 2.75) is 19.5 Å². The number of amides is 1. The van der Waals surface area contributed by atoms with Gasteiger partial charge >= 0.3 is 0 Å². The van der Waals surface area contributed by atoms with Crippen molar-refractivity contribution in [1.29, 1.82) is 0 Å². The van der Waals surface area contributed by atoms with Gasteiger partial charge in [0.15, 0.2) is 0 Å². The normalized spacial score (nSPS) is 12.2. The molecule has 3 nitrogen and oxygen atoms in total. The number of carbonyl (C=O) groups is 1. The molecule has 0 saturated carbocycles. The van der Waals surface area contributed by atoms with Gasteiger partial charge < -0.3 is 5.32 Å². The topological polar surface area (TPSA) is 32.3 Å². The van der Waals surface area contributed by atoms with Crippen LogP contribution in [0.1, 0.15) is 12.5 Å². The number of carbonyl (C=O) groups excluding carboxylic acids is 1. The lowest BCUT2D eigenvalue weighted by atomic mass is 10.2. The third-order valence-corrected chi connectivity index (χ3v) is 3.41. The molecule has 0 aromatic heterocycles. The van der Waals surface area contributed by atoms with Gasteiger partial charge in [0.25, 0.3) is 0 Å². The van der Waals surface area contributed by atoms with E-state index in [-0.39, 0.29) is 17.8 Å². The molecule has 0 aliphatic carbocycles. The molecule has 0 spiro atoms. The summed E-state index contributed by atoms with van der Waals surface area (Å²) in [4.78, 5) is 14.1. The molecule has 0 bridgehead atoms. The molecular weight excluding hydrogens is 267 g/mol. The molecule has 0 aliphatic rings. The quantitative estimate of drug-likeness (QED) is 0.914. The molecular formula is C17H19FN2O. The van der Waals surface area contributed by atoms with E-state index < -0.39 is 0 Å². The molecule has 1 atom stereocenters. The molecule has 1 amide bonds. The van der Waals surface area contributed by atoms with Crippen molar-refractivity contribution >= 4 is 11.6 Å². The highest BCUT2D eigenvalue weighted by Crippen LogP contribution is 2.11. The van der Waals surface area contributed by atoms with Gasteiger partial charge in [-0.05, 0) is 37.7 Å². The number of hydrogen-bond donors (Lipinski definition) is 1. The number of anilines is 1. The summed E-state index contributed by atoms with van der Waals surface area (Å²) in [6.07, 6.45) is 0. The van der Waals surface area contributed by atoms with Crippen LogP contribution >= 0.6 is 0 Å². The third-order valence-electron chi connectivity index (χ3n) is 3.41. The fraction of sp³-hybridized carbons (Fsp3) is 0.235. The Morgan fingerprint density at radius 2 is 1.90 bits per heavy atom. The summed E-state index contributed by atoms with van der Waals surface area (Å²) >= 11 is 0. The number of hydrogen-bond acceptors (Lipinski definition) is 2. The SMILES string of the molecule is C[C@H](C(=O)Nc1cccc(F)c1)N(C)Cc1ccccc1. The van der Waals surface area contributed by atoms with Crippen LogP contribution in [0, 0.1) is 5.82 Å². The first-order valence-electron chi connectivity index (χ1n) is 6.87. The van der Waals surface area contributed by atoms with Gasteiger partial charge in [-0.15, -0.1) is 0 Å². The Labute approximate surface area is 124 Å². The van der Waals surface area contributed by atoms with Crippen molar-refractivity contribution < 1.29 is 9.18 Å². The highest BCUT2D eigenvalue weighted by atomic mass is 19.1. The Morgan fingerprint density at radius 3 is 2.57 bits per heavy atom. The Balaban J connectivity index is 1.95. The predicted molar refractivity (Wildman–Crippen MR) is 82.4 cm³/mol. The van der Waals surface area contributed by atoms with Crippen LogP contribution in [0.15, 0.2) is 54.6 Å². The van der Waals surface area contributed by atoms with Crippen molar-refractivity contribution in [3.8, 4) is 0 Å². The second-order valence-corrected chi connectivity index (χ2v) is 5.08. The number of rotatable bonds is 5. The van der Waals surface area contributed by atoms with Crippen molar-refractivity contribution in [2.24, 2.45) is 0 Å². The largest absolute Gasteiger partial charge is 0.325 e. The van der Waals surface area contributed by atoms with Gasteiger partial charge in [-0.3, -0.25) is 9.69 Å². The summed E-state index contributed by atoms with van der Waals surface area (Å²) in [5.74, 6) is -0.517. The molecule has 0 unspecified atom stereocenters. The van der Waals surface area contributed by atoms with Crippen molar-refractivity contribution in [3.05, 3.63) is 66.0 Å². The lowest BCUT2D eigenvalue weighted by Gasteiger charge is -2.24. The fourth-order valence-corrected chi connectivity index (χ4v) is 2.02. The monoisotopic (exact) mass is 286 g/mol. The second kappa shape index (κ2) is 6.99. The van der Waals surface area contributed by atoms with E-state index in [9.17, 15) is 9.18 Å². The van der Waals surface area contributed by atoms with Crippen molar-refractivity contribution in [1.82, 2.24) is 4.90 Å². The molecule has 0 heterocycles. The van der Waals surface area contributed by atoms with Gasteiger partial charge in [0.05, 0.1) is 6.04 Å². The summed E-state index contributed by atoms with van der Waals surface area (Å²) in [7, 11) is 1.89. The third kappa shape index (κ3) is 4.39. The first-order chi connectivity index (χ1) is 10.1. The van der Waals surface area contributed by atoms with Crippen LogP contribution in [0.25, 0.3) is 0 Å². The van der Waals surface area contributed by atoms with E-state index >= 15 is 0 Å². The fourth-order valence-electron chi connectivity index (χ4n) is 2.02. The molecule has 0 aliphatic heterocycles. The molecule has 2 aromatic rings. The maximum Gasteiger partial charge on any atom is 0.241 e. The average Bonchev–Trinajstić information content (AvgIpc) is 2.47. The minimum Gasteiger partial charge on any atom is -0.325 e. The molecule has 1 N–H and O–H groups in total. The highest BCUT2D eigenvalue weighted by molar-refractivity contribution is 5.94. The summed E-state index contributed by atoms with van der Waals surface area (Å²) < 4.78 is 13.1. The van der Waals surface area contributed by atoms with E-state index in [4.69, 9.17) is 0 Å².